The molecule has 0 spiro atoms. The maximum Gasteiger partial charge on any atom is 0.340 e. The molecule has 0 aliphatic carbocycles. The van der Waals surface area contributed by atoms with Crippen molar-refractivity contribution in [1.29, 1.82) is 0 Å². The molecule has 27 heavy (non-hydrogen) atoms. The maximum absolute atomic E-state index is 12.1. The van der Waals surface area contributed by atoms with Gasteiger partial charge in [-0.1, -0.05) is 31.4 Å². The molecule has 7 heteroatoms. The molecule has 6 nitrogen and oxygen atoms in total. The number of rotatable bonds is 9. The number of anilines is 1. The van der Waals surface area contributed by atoms with E-state index >= 15 is 0 Å². The average Bonchev–Trinajstić information content (AvgIpc) is 2.67. The fourth-order valence-electron chi connectivity index (χ4n) is 2.29. The van der Waals surface area contributed by atoms with Crippen LogP contribution < -0.4 is 5.32 Å². The van der Waals surface area contributed by atoms with E-state index in [1.807, 2.05) is 0 Å². The topological polar surface area (TPSA) is 85.4 Å². The van der Waals surface area contributed by atoms with Crippen molar-refractivity contribution in [2.24, 2.45) is 0 Å². The van der Waals surface area contributed by atoms with Crippen LogP contribution >= 0.6 is 11.6 Å². The predicted molar refractivity (Wildman–Crippen MR) is 103 cm³/mol. The Bertz CT molecular complexity index is 789. The molecule has 0 fully saturated rings. The number of amides is 1. The minimum atomic E-state index is -0.650. The number of nitrogens with one attached hydrogen (secondary N) is 1. The molecule has 0 unspecified atom stereocenters. The number of carbonyl (C=O) groups is 3. The van der Waals surface area contributed by atoms with Gasteiger partial charge in [0, 0.05) is 23.9 Å². The van der Waals surface area contributed by atoms with Crippen LogP contribution in [0.4, 0.5) is 5.69 Å². The molecular weight excluding hydrogens is 368 g/mol. The lowest BCUT2D eigenvalue weighted by Gasteiger charge is -2.07. The van der Waals surface area contributed by atoms with E-state index in [1.165, 1.54) is 18.3 Å². The highest BCUT2D eigenvalue weighted by Crippen LogP contribution is 2.12. The fraction of sp³-hybridized carbons (Fsp3) is 0.300. The van der Waals surface area contributed by atoms with Crippen molar-refractivity contribution >= 4 is 34.9 Å². The van der Waals surface area contributed by atoms with Crippen LogP contribution in [0, 0.1) is 0 Å². The Labute approximate surface area is 162 Å². The molecule has 0 aliphatic rings. The summed E-state index contributed by atoms with van der Waals surface area (Å²) in [5.74, 6) is -1.04. The normalized spacial score (nSPS) is 10.3. The molecule has 142 valence electrons. The zero-order valence-corrected chi connectivity index (χ0v) is 15.8. The lowest BCUT2D eigenvalue weighted by molar-refractivity contribution is -0.116. The lowest BCUT2D eigenvalue weighted by atomic mass is 10.1. The number of hydrogen-bond acceptors (Lipinski definition) is 5. The molecular formula is C20H21ClN2O4. The van der Waals surface area contributed by atoms with E-state index in [4.69, 9.17) is 16.3 Å². The number of unbranched alkanes of at least 4 members (excludes halogenated alkanes) is 2. The summed E-state index contributed by atoms with van der Waals surface area (Å²) < 4.78 is 4.99. The molecule has 1 aromatic heterocycles. The van der Waals surface area contributed by atoms with Gasteiger partial charge in [-0.05, 0) is 42.8 Å². The zero-order valence-electron chi connectivity index (χ0n) is 15.0. The summed E-state index contributed by atoms with van der Waals surface area (Å²) in [4.78, 5) is 39.6. The van der Waals surface area contributed by atoms with Gasteiger partial charge in [-0.2, -0.15) is 0 Å². The number of pyridine rings is 1. The van der Waals surface area contributed by atoms with Gasteiger partial charge in [0.05, 0.1) is 5.56 Å². The van der Waals surface area contributed by atoms with Crippen LogP contribution in [0.15, 0.2) is 42.6 Å². The summed E-state index contributed by atoms with van der Waals surface area (Å²) in [7, 11) is 0. The maximum atomic E-state index is 12.1. The first-order valence-electron chi connectivity index (χ1n) is 8.71. The highest BCUT2D eigenvalue weighted by Gasteiger charge is 2.12. The van der Waals surface area contributed by atoms with Gasteiger partial charge in [0.15, 0.2) is 12.4 Å². The van der Waals surface area contributed by atoms with E-state index < -0.39 is 5.97 Å². The minimum Gasteiger partial charge on any atom is -0.454 e. The predicted octanol–water partition coefficient (Wildman–Crippen LogP) is 4.29. The van der Waals surface area contributed by atoms with Crippen molar-refractivity contribution in [3.8, 4) is 0 Å². The molecule has 0 atom stereocenters. The Kier molecular flexibility index (Phi) is 7.95. The first-order chi connectivity index (χ1) is 13.0. The van der Waals surface area contributed by atoms with E-state index in [0.29, 0.717) is 17.7 Å². The first kappa shape index (κ1) is 20.6. The smallest absolute Gasteiger partial charge is 0.340 e. The van der Waals surface area contributed by atoms with Crippen molar-refractivity contribution in [2.75, 3.05) is 11.9 Å². The quantitative estimate of drug-likeness (QED) is 0.299. The largest absolute Gasteiger partial charge is 0.454 e. The number of nitrogens with zero attached hydrogens (tertiary/aromatic N) is 1. The van der Waals surface area contributed by atoms with Crippen LogP contribution in [-0.2, 0) is 9.53 Å². The van der Waals surface area contributed by atoms with E-state index in [2.05, 4.69) is 17.2 Å². The second kappa shape index (κ2) is 10.4. The molecule has 0 aliphatic heterocycles. The standard InChI is InChI=1S/C20H21ClN2O4/c1-2-3-4-5-19(25)23-16-9-6-14(7-10-16)17(24)13-27-20(26)15-8-11-18(21)22-12-15/h6-12H,2-5,13H2,1H3,(H,23,25). The summed E-state index contributed by atoms with van der Waals surface area (Å²) >= 11 is 5.66. The summed E-state index contributed by atoms with van der Waals surface area (Å²) in [6, 6.07) is 9.41. The number of ether oxygens (including phenoxy) is 1. The molecule has 0 bridgehead atoms. The Morgan fingerprint density at radius 3 is 2.37 bits per heavy atom. The molecule has 0 saturated carbocycles. The number of ketones is 1. The van der Waals surface area contributed by atoms with Gasteiger partial charge in [-0.25, -0.2) is 9.78 Å². The van der Waals surface area contributed by atoms with Gasteiger partial charge in [0.1, 0.15) is 5.15 Å². The van der Waals surface area contributed by atoms with Crippen molar-refractivity contribution in [1.82, 2.24) is 4.98 Å². The molecule has 0 radical (unpaired) electrons. The molecule has 0 saturated heterocycles. The number of carbonyl (C=O) groups excluding carboxylic acids is 3. The van der Waals surface area contributed by atoms with Gasteiger partial charge < -0.3 is 10.1 Å². The number of hydrogen-bond donors (Lipinski definition) is 1. The van der Waals surface area contributed by atoms with E-state index in [-0.39, 0.29) is 29.0 Å². The number of benzene rings is 1. The van der Waals surface area contributed by atoms with Crippen molar-refractivity contribution in [3.05, 3.63) is 58.9 Å². The molecule has 2 aromatic rings. The van der Waals surface area contributed by atoms with Gasteiger partial charge in [0.25, 0.3) is 0 Å². The number of halogens is 1. The van der Waals surface area contributed by atoms with E-state index in [1.54, 1.807) is 24.3 Å². The average molecular weight is 389 g/mol. The van der Waals surface area contributed by atoms with Crippen LogP contribution in [-0.4, -0.2) is 29.3 Å². The summed E-state index contributed by atoms with van der Waals surface area (Å²) in [6.07, 6.45) is 4.69. The van der Waals surface area contributed by atoms with Gasteiger partial charge in [0.2, 0.25) is 5.91 Å². The fourth-order valence-corrected chi connectivity index (χ4v) is 2.40. The van der Waals surface area contributed by atoms with Crippen molar-refractivity contribution < 1.29 is 19.1 Å². The van der Waals surface area contributed by atoms with E-state index in [9.17, 15) is 14.4 Å². The third-order valence-electron chi connectivity index (χ3n) is 3.80. The van der Waals surface area contributed by atoms with Crippen LogP contribution in [0.5, 0.6) is 0 Å². The summed E-state index contributed by atoms with van der Waals surface area (Å²) in [6.45, 7) is 1.70. The Morgan fingerprint density at radius 1 is 1.04 bits per heavy atom. The Balaban J connectivity index is 1.83. The third-order valence-corrected chi connectivity index (χ3v) is 4.02. The summed E-state index contributed by atoms with van der Waals surface area (Å²) in [5.41, 5.74) is 1.23. The SMILES string of the molecule is CCCCCC(=O)Nc1ccc(C(=O)COC(=O)c2ccc(Cl)nc2)cc1. The Hall–Kier alpha value is -2.73. The number of aromatic nitrogens is 1. The molecule has 1 amide bonds. The number of esters is 1. The highest BCUT2D eigenvalue weighted by atomic mass is 35.5. The van der Waals surface area contributed by atoms with Gasteiger partial charge >= 0.3 is 5.97 Å². The highest BCUT2D eigenvalue weighted by molar-refractivity contribution is 6.29. The summed E-state index contributed by atoms with van der Waals surface area (Å²) in [5, 5.41) is 3.05. The van der Waals surface area contributed by atoms with Crippen molar-refractivity contribution in [3.63, 3.8) is 0 Å². The van der Waals surface area contributed by atoms with Crippen LogP contribution in [0.1, 0.15) is 53.3 Å². The number of Topliss-reactive ketones (excluding diaryl/α,β-unsaturated/α-hetero) is 1. The Morgan fingerprint density at radius 2 is 1.74 bits per heavy atom. The molecule has 1 N–H and O–H groups in total. The van der Waals surface area contributed by atoms with Gasteiger partial charge in [-0.3, -0.25) is 9.59 Å². The molecule has 1 aromatic carbocycles. The molecule has 2 rings (SSSR count). The van der Waals surface area contributed by atoms with Crippen LogP contribution in [0.3, 0.4) is 0 Å². The molecule has 1 heterocycles. The van der Waals surface area contributed by atoms with Crippen molar-refractivity contribution in [2.45, 2.75) is 32.6 Å². The minimum absolute atomic E-state index is 0.0481. The first-order valence-corrected chi connectivity index (χ1v) is 9.09. The van der Waals surface area contributed by atoms with Crippen LogP contribution in [0.25, 0.3) is 0 Å². The monoisotopic (exact) mass is 388 g/mol. The lowest BCUT2D eigenvalue weighted by Crippen LogP contribution is -2.15. The second-order valence-corrected chi connectivity index (χ2v) is 6.34. The second-order valence-electron chi connectivity index (χ2n) is 5.95. The zero-order chi connectivity index (χ0) is 19.6. The van der Waals surface area contributed by atoms with Gasteiger partial charge in [-0.15, -0.1) is 0 Å². The van der Waals surface area contributed by atoms with E-state index in [0.717, 1.165) is 19.3 Å². The third kappa shape index (κ3) is 6.83. The van der Waals surface area contributed by atoms with Crippen LogP contribution in [0.2, 0.25) is 5.15 Å².